The lowest BCUT2D eigenvalue weighted by atomic mass is 10.1. The maximum atomic E-state index is 13.8. The Balaban J connectivity index is 1.39. The Labute approximate surface area is 154 Å². The van der Waals surface area contributed by atoms with Gasteiger partial charge < -0.3 is 9.42 Å². The van der Waals surface area contributed by atoms with Crippen LogP contribution in [-0.4, -0.2) is 41.2 Å². The van der Waals surface area contributed by atoms with Gasteiger partial charge in [-0.2, -0.15) is 10.2 Å². The summed E-state index contributed by atoms with van der Waals surface area (Å²) in [7, 11) is 0. The third-order valence-corrected chi connectivity index (χ3v) is 5.25. The van der Waals surface area contributed by atoms with Crippen LogP contribution in [0.1, 0.15) is 11.5 Å². The van der Waals surface area contributed by atoms with Gasteiger partial charge in [0.15, 0.2) is 0 Å². The van der Waals surface area contributed by atoms with Gasteiger partial charge in [0.1, 0.15) is 17.4 Å². The van der Waals surface area contributed by atoms with E-state index in [1.165, 1.54) is 6.07 Å². The predicted octanol–water partition coefficient (Wildman–Crippen LogP) is 3.13. The van der Waals surface area contributed by atoms with E-state index in [2.05, 4.69) is 15.0 Å². The number of hydrogen-bond acceptors (Lipinski definition) is 7. The number of hydrogen-bond donors (Lipinski definition) is 0. The predicted molar refractivity (Wildman–Crippen MR) is 96.2 cm³/mol. The molecule has 0 radical (unpaired) electrons. The van der Waals surface area contributed by atoms with E-state index < -0.39 is 5.82 Å². The third kappa shape index (κ3) is 3.31. The molecule has 3 heterocycles. The van der Waals surface area contributed by atoms with Crippen molar-refractivity contribution in [2.75, 3.05) is 31.1 Å². The van der Waals surface area contributed by atoms with Crippen LogP contribution in [0, 0.1) is 17.1 Å². The quantitative estimate of drug-likeness (QED) is 0.704. The number of benzene rings is 1. The Kier molecular flexibility index (Phi) is 4.65. The SMILES string of the molecule is N#Cc1c(F)cccc1N1CCN(Cc2nc(-c3cccs3)no2)CC1. The lowest BCUT2D eigenvalue weighted by molar-refractivity contribution is 0.215. The fourth-order valence-electron chi connectivity index (χ4n) is 3.05. The number of aromatic nitrogens is 2. The van der Waals surface area contributed by atoms with Crippen molar-refractivity contribution in [2.45, 2.75) is 6.54 Å². The highest BCUT2D eigenvalue weighted by Crippen LogP contribution is 2.25. The molecule has 0 atom stereocenters. The maximum Gasteiger partial charge on any atom is 0.241 e. The summed E-state index contributed by atoms with van der Waals surface area (Å²) in [6.07, 6.45) is 0. The molecule has 4 rings (SSSR count). The summed E-state index contributed by atoms with van der Waals surface area (Å²) in [4.78, 5) is 9.69. The van der Waals surface area contributed by atoms with E-state index in [1.807, 2.05) is 28.5 Å². The minimum Gasteiger partial charge on any atom is -0.368 e. The van der Waals surface area contributed by atoms with Crippen LogP contribution in [0.4, 0.5) is 10.1 Å². The number of anilines is 1. The lowest BCUT2D eigenvalue weighted by Crippen LogP contribution is -2.46. The monoisotopic (exact) mass is 369 g/mol. The molecule has 1 aromatic carbocycles. The highest BCUT2D eigenvalue weighted by Gasteiger charge is 2.22. The van der Waals surface area contributed by atoms with Crippen LogP contribution < -0.4 is 4.90 Å². The smallest absolute Gasteiger partial charge is 0.241 e. The van der Waals surface area contributed by atoms with Crippen LogP contribution in [-0.2, 0) is 6.54 Å². The Bertz CT molecular complexity index is 925. The normalized spacial score (nSPS) is 15.2. The summed E-state index contributed by atoms with van der Waals surface area (Å²) >= 11 is 1.58. The van der Waals surface area contributed by atoms with E-state index >= 15 is 0 Å². The van der Waals surface area contributed by atoms with Gasteiger partial charge in [0.05, 0.1) is 17.1 Å². The van der Waals surface area contributed by atoms with Crippen molar-refractivity contribution in [1.82, 2.24) is 15.0 Å². The Morgan fingerprint density at radius 2 is 2.04 bits per heavy atom. The van der Waals surface area contributed by atoms with Crippen molar-refractivity contribution in [3.63, 3.8) is 0 Å². The van der Waals surface area contributed by atoms with Crippen LogP contribution >= 0.6 is 11.3 Å². The molecule has 0 saturated carbocycles. The van der Waals surface area contributed by atoms with Gasteiger partial charge in [0.25, 0.3) is 0 Å². The van der Waals surface area contributed by atoms with E-state index in [9.17, 15) is 9.65 Å². The third-order valence-electron chi connectivity index (χ3n) is 4.38. The van der Waals surface area contributed by atoms with Crippen molar-refractivity contribution >= 4 is 17.0 Å². The zero-order chi connectivity index (χ0) is 17.9. The van der Waals surface area contributed by atoms with E-state index in [1.54, 1.807) is 23.5 Å². The average molecular weight is 369 g/mol. The molecule has 0 spiro atoms. The van der Waals surface area contributed by atoms with Gasteiger partial charge >= 0.3 is 0 Å². The minimum atomic E-state index is -0.473. The summed E-state index contributed by atoms with van der Waals surface area (Å²) in [5.74, 6) is 0.733. The second-order valence-electron chi connectivity index (χ2n) is 6.00. The van der Waals surface area contributed by atoms with Gasteiger partial charge in [0.2, 0.25) is 11.7 Å². The zero-order valence-corrected chi connectivity index (χ0v) is 14.7. The summed E-state index contributed by atoms with van der Waals surface area (Å²) in [6, 6.07) is 10.6. The van der Waals surface area contributed by atoms with E-state index in [0.717, 1.165) is 18.0 Å². The van der Waals surface area contributed by atoms with E-state index in [4.69, 9.17) is 4.52 Å². The molecule has 0 N–H and O–H groups in total. The molecule has 1 aliphatic rings. The number of rotatable bonds is 4. The molecule has 26 heavy (non-hydrogen) atoms. The highest BCUT2D eigenvalue weighted by atomic mass is 32.1. The van der Waals surface area contributed by atoms with Crippen LogP contribution in [0.15, 0.2) is 40.2 Å². The van der Waals surface area contributed by atoms with Crippen LogP contribution in [0.25, 0.3) is 10.7 Å². The second kappa shape index (κ2) is 7.23. The first-order chi connectivity index (χ1) is 12.7. The van der Waals surface area contributed by atoms with Gasteiger partial charge in [-0.3, -0.25) is 4.90 Å². The largest absolute Gasteiger partial charge is 0.368 e. The minimum absolute atomic E-state index is 0.110. The maximum absolute atomic E-state index is 13.8. The highest BCUT2D eigenvalue weighted by molar-refractivity contribution is 7.13. The van der Waals surface area contributed by atoms with Gasteiger partial charge in [-0.15, -0.1) is 11.3 Å². The molecule has 3 aromatic rings. The number of halogens is 1. The van der Waals surface area contributed by atoms with Crippen molar-refractivity contribution in [3.05, 3.63) is 53.0 Å². The summed E-state index contributed by atoms with van der Waals surface area (Å²) in [5, 5.41) is 15.2. The molecule has 2 aromatic heterocycles. The Morgan fingerprint density at radius 3 is 2.77 bits per heavy atom. The Morgan fingerprint density at radius 1 is 1.19 bits per heavy atom. The fraction of sp³-hybridized carbons (Fsp3) is 0.278. The molecular weight excluding hydrogens is 353 g/mol. The number of nitriles is 1. The van der Waals surface area contributed by atoms with Gasteiger partial charge in [-0.25, -0.2) is 4.39 Å². The second-order valence-corrected chi connectivity index (χ2v) is 6.95. The summed E-state index contributed by atoms with van der Waals surface area (Å²) < 4.78 is 19.2. The molecule has 1 saturated heterocycles. The molecule has 0 bridgehead atoms. The Hall–Kier alpha value is -2.76. The first-order valence-corrected chi connectivity index (χ1v) is 9.15. The van der Waals surface area contributed by atoms with Gasteiger partial charge in [-0.1, -0.05) is 17.3 Å². The van der Waals surface area contributed by atoms with Crippen molar-refractivity contribution in [1.29, 1.82) is 5.26 Å². The molecule has 1 fully saturated rings. The molecule has 132 valence electrons. The first kappa shape index (κ1) is 16.7. The van der Waals surface area contributed by atoms with Gasteiger partial charge in [-0.05, 0) is 23.6 Å². The molecule has 0 amide bonds. The molecule has 6 nitrogen and oxygen atoms in total. The number of nitrogens with zero attached hydrogens (tertiary/aromatic N) is 5. The number of thiophene rings is 1. The number of piperazine rings is 1. The van der Waals surface area contributed by atoms with E-state index in [0.29, 0.717) is 37.0 Å². The molecule has 0 aliphatic carbocycles. The van der Waals surface area contributed by atoms with Crippen LogP contribution in [0.2, 0.25) is 0 Å². The van der Waals surface area contributed by atoms with Crippen molar-refractivity contribution in [3.8, 4) is 16.8 Å². The van der Waals surface area contributed by atoms with Crippen molar-refractivity contribution in [2.24, 2.45) is 0 Å². The molecular formula is C18H16FN5OS. The summed E-state index contributed by atoms with van der Waals surface area (Å²) in [5.41, 5.74) is 0.767. The first-order valence-electron chi connectivity index (χ1n) is 8.27. The fourth-order valence-corrected chi connectivity index (χ4v) is 3.70. The standard InChI is InChI=1S/C18H16FN5OS/c19-14-3-1-4-15(13(14)11-20)24-8-6-23(7-9-24)12-17-21-18(22-25-17)16-5-2-10-26-16/h1-5,10H,6-9,12H2. The van der Waals surface area contributed by atoms with E-state index in [-0.39, 0.29) is 5.56 Å². The van der Waals surface area contributed by atoms with Crippen LogP contribution in [0.5, 0.6) is 0 Å². The summed E-state index contributed by atoms with van der Waals surface area (Å²) in [6.45, 7) is 3.56. The molecule has 8 heteroatoms. The lowest BCUT2D eigenvalue weighted by Gasteiger charge is -2.35. The van der Waals surface area contributed by atoms with Crippen LogP contribution in [0.3, 0.4) is 0 Å². The molecule has 1 aliphatic heterocycles. The van der Waals surface area contributed by atoms with Crippen molar-refractivity contribution < 1.29 is 8.91 Å². The topological polar surface area (TPSA) is 69.2 Å². The average Bonchev–Trinajstić information content (AvgIpc) is 3.34. The van der Waals surface area contributed by atoms with Gasteiger partial charge in [0, 0.05) is 26.2 Å². The zero-order valence-electron chi connectivity index (χ0n) is 13.9. The molecule has 0 unspecified atom stereocenters.